The number of anilines is 3. The lowest BCUT2D eigenvalue weighted by Crippen LogP contribution is -2.32. The van der Waals surface area contributed by atoms with E-state index in [1.807, 2.05) is 68.4 Å². The molecule has 180 valence electrons. The first-order chi connectivity index (χ1) is 17.4. The summed E-state index contributed by atoms with van der Waals surface area (Å²) in [7, 11) is 0. The van der Waals surface area contributed by atoms with Crippen LogP contribution in [0.5, 0.6) is 0 Å². The number of hydrogen-bond donors (Lipinski definition) is 3. The molecule has 0 saturated carbocycles. The van der Waals surface area contributed by atoms with Crippen molar-refractivity contribution in [1.82, 2.24) is 9.78 Å². The molecular weight excluding hydrogens is 474 g/mol. The zero-order chi connectivity index (χ0) is 25.2. The molecular formula is C28H24ClN5O2. The van der Waals surface area contributed by atoms with E-state index in [9.17, 15) is 9.59 Å². The fraction of sp³-hybridized carbons (Fsp3) is 0.107. The SMILES string of the molecule is CC1=C(C(=O)Nc2ccc(Cl)cc2)C(c2ccccc2C)n2ncc(C(=O)Nc3ccccc3)c2N1. The predicted octanol–water partition coefficient (Wildman–Crippen LogP) is 6.02. The van der Waals surface area contributed by atoms with Crippen molar-refractivity contribution in [2.75, 3.05) is 16.0 Å². The van der Waals surface area contributed by atoms with Crippen LogP contribution in [0.1, 0.15) is 34.5 Å². The Morgan fingerprint density at radius 1 is 0.861 bits per heavy atom. The molecule has 8 heteroatoms. The summed E-state index contributed by atoms with van der Waals surface area (Å²) in [5.74, 6) is -0.0374. The summed E-state index contributed by atoms with van der Waals surface area (Å²) in [5, 5.41) is 14.3. The maximum absolute atomic E-state index is 13.6. The van der Waals surface area contributed by atoms with E-state index in [2.05, 4.69) is 21.0 Å². The normalized spacial score (nSPS) is 14.6. The first kappa shape index (κ1) is 23.4. The van der Waals surface area contributed by atoms with E-state index in [-0.39, 0.29) is 11.8 Å². The second kappa shape index (κ2) is 9.71. The van der Waals surface area contributed by atoms with Gasteiger partial charge in [-0.15, -0.1) is 0 Å². The van der Waals surface area contributed by atoms with Crippen LogP contribution in [0.3, 0.4) is 0 Å². The second-order valence-corrected chi connectivity index (χ2v) is 8.99. The van der Waals surface area contributed by atoms with Gasteiger partial charge in [0, 0.05) is 22.1 Å². The Kier molecular flexibility index (Phi) is 6.31. The Morgan fingerprint density at radius 3 is 2.22 bits per heavy atom. The molecule has 1 aromatic heterocycles. The van der Waals surface area contributed by atoms with Crippen molar-refractivity contribution in [1.29, 1.82) is 0 Å². The summed E-state index contributed by atoms with van der Waals surface area (Å²) in [6, 6.07) is 23.5. The number of carbonyl (C=O) groups is 2. The molecule has 5 rings (SSSR count). The van der Waals surface area contributed by atoms with E-state index in [1.165, 1.54) is 6.20 Å². The van der Waals surface area contributed by atoms with Gasteiger partial charge in [0.15, 0.2) is 0 Å². The first-order valence-corrected chi connectivity index (χ1v) is 11.8. The van der Waals surface area contributed by atoms with Gasteiger partial charge in [-0.1, -0.05) is 54.1 Å². The van der Waals surface area contributed by atoms with Crippen LogP contribution in [0.15, 0.2) is 96.3 Å². The van der Waals surface area contributed by atoms with Gasteiger partial charge in [-0.3, -0.25) is 9.59 Å². The highest BCUT2D eigenvalue weighted by Crippen LogP contribution is 2.39. The van der Waals surface area contributed by atoms with Gasteiger partial charge in [0.1, 0.15) is 17.4 Å². The van der Waals surface area contributed by atoms with Crippen LogP contribution in [0.4, 0.5) is 17.2 Å². The number of allylic oxidation sites excluding steroid dienone is 1. The van der Waals surface area contributed by atoms with E-state index < -0.39 is 6.04 Å². The average molecular weight is 498 g/mol. The lowest BCUT2D eigenvalue weighted by atomic mass is 9.91. The molecule has 2 amide bonds. The van der Waals surface area contributed by atoms with E-state index in [0.717, 1.165) is 11.1 Å². The monoisotopic (exact) mass is 497 g/mol. The smallest absolute Gasteiger partial charge is 0.261 e. The molecule has 2 heterocycles. The number of benzene rings is 3. The van der Waals surface area contributed by atoms with Gasteiger partial charge in [-0.05, 0) is 61.4 Å². The van der Waals surface area contributed by atoms with Crippen LogP contribution >= 0.6 is 11.6 Å². The van der Waals surface area contributed by atoms with Crippen molar-refractivity contribution in [3.63, 3.8) is 0 Å². The van der Waals surface area contributed by atoms with Crippen LogP contribution < -0.4 is 16.0 Å². The predicted molar refractivity (Wildman–Crippen MR) is 142 cm³/mol. The van der Waals surface area contributed by atoms with E-state index in [0.29, 0.717) is 39.0 Å². The number of amides is 2. The van der Waals surface area contributed by atoms with Gasteiger partial charge >= 0.3 is 0 Å². The van der Waals surface area contributed by atoms with Crippen LogP contribution in [0, 0.1) is 6.92 Å². The molecule has 3 aromatic carbocycles. The third-order valence-electron chi connectivity index (χ3n) is 6.13. The number of fused-ring (bicyclic) bond motifs is 1. The Labute approximate surface area is 213 Å². The Bertz CT molecular complexity index is 1480. The van der Waals surface area contributed by atoms with Gasteiger partial charge in [-0.2, -0.15) is 5.10 Å². The van der Waals surface area contributed by atoms with Crippen molar-refractivity contribution >= 4 is 40.6 Å². The third-order valence-corrected chi connectivity index (χ3v) is 6.38. The molecule has 1 aliphatic heterocycles. The summed E-state index contributed by atoms with van der Waals surface area (Å²) in [5.41, 5.74) is 4.76. The van der Waals surface area contributed by atoms with Crippen LogP contribution in [0.2, 0.25) is 5.02 Å². The molecule has 0 bridgehead atoms. The maximum Gasteiger partial charge on any atom is 0.261 e. The van der Waals surface area contributed by atoms with Gasteiger partial charge in [0.25, 0.3) is 11.8 Å². The van der Waals surface area contributed by atoms with Gasteiger partial charge < -0.3 is 16.0 Å². The van der Waals surface area contributed by atoms with Crippen molar-refractivity contribution < 1.29 is 9.59 Å². The van der Waals surface area contributed by atoms with Crippen molar-refractivity contribution in [3.05, 3.63) is 118 Å². The molecule has 0 radical (unpaired) electrons. The number of nitrogens with zero attached hydrogens (tertiary/aromatic N) is 2. The highest BCUT2D eigenvalue weighted by molar-refractivity contribution is 6.30. The molecule has 0 fully saturated rings. The number of rotatable bonds is 5. The Hall–Kier alpha value is -4.36. The van der Waals surface area contributed by atoms with Gasteiger partial charge in [-0.25, -0.2) is 4.68 Å². The second-order valence-electron chi connectivity index (χ2n) is 8.56. The lowest BCUT2D eigenvalue weighted by Gasteiger charge is -2.31. The molecule has 0 saturated heterocycles. The number of aromatic nitrogens is 2. The van der Waals surface area contributed by atoms with Crippen molar-refractivity contribution in [3.8, 4) is 0 Å². The minimum atomic E-state index is -0.534. The van der Waals surface area contributed by atoms with Crippen molar-refractivity contribution in [2.45, 2.75) is 19.9 Å². The summed E-state index contributed by atoms with van der Waals surface area (Å²) in [4.78, 5) is 26.7. The van der Waals surface area contributed by atoms with E-state index >= 15 is 0 Å². The van der Waals surface area contributed by atoms with E-state index in [1.54, 1.807) is 28.9 Å². The molecule has 3 N–H and O–H groups in total. The molecule has 4 aromatic rings. The molecule has 1 unspecified atom stereocenters. The van der Waals surface area contributed by atoms with Crippen LogP contribution in [-0.4, -0.2) is 21.6 Å². The largest absolute Gasteiger partial charge is 0.343 e. The fourth-order valence-corrected chi connectivity index (χ4v) is 4.47. The summed E-state index contributed by atoms with van der Waals surface area (Å²) in [6.07, 6.45) is 1.53. The molecule has 0 aliphatic carbocycles. The zero-order valence-corrected chi connectivity index (χ0v) is 20.5. The minimum absolute atomic E-state index is 0.271. The highest BCUT2D eigenvalue weighted by Gasteiger charge is 2.36. The quantitative estimate of drug-likeness (QED) is 0.314. The molecule has 1 aliphatic rings. The third kappa shape index (κ3) is 4.48. The Morgan fingerprint density at radius 2 is 1.50 bits per heavy atom. The summed E-state index contributed by atoms with van der Waals surface area (Å²) >= 11 is 6.00. The number of aryl methyl sites for hydroxylation is 1. The Balaban J connectivity index is 1.55. The maximum atomic E-state index is 13.6. The molecule has 0 spiro atoms. The minimum Gasteiger partial charge on any atom is -0.343 e. The van der Waals surface area contributed by atoms with Crippen LogP contribution in [0.25, 0.3) is 0 Å². The number of halogens is 1. The fourth-order valence-electron chi connectivity index (χ4n) is 4.35. The first-order valence-electron chi connectivity index (χ1n) is 11.5. The number of hydrogen-bond acceptors (Lipinski definition) is 4. The molecule has 36 heavy (non-hydrogen) atoms. The lowest BCUT2D eigenvalue weighted by molar-refractivity contribution is -0.113. The molecule has 1 atom stereocenters. The zero-order valence-electron chi connectivity index (χ0n) is 19.7. The summed E-state index contributed by atoms with van der Waals surface area (Å²) in [6.45, 7) is 3.82. The van der Waals surface area contributed by atoms with Crippen molar-refractivity contribution in [2.24, 2.45) is 0 Å². The number of para-hydroxylation sites is 1. The number of nitrogens with one attached hydrogen (secondary N) is 3. The topological polar surface area (TPSA) is 88.0 Å². The summed E-state index contributed by atoms with van der Waals surface area (Å²) < 4.78 is 1.70. The standard InChI is InChI=1S/C28H24ClN5O2/c1-17-8-6-7-11-22(17)25-24(28(36)33-21-14-12-19(29)13-15-21)18(2)31-26-23(16-30-34(25)26)27(35)32-20-9-4-3-5-10-20/h3-16,25,31H,1-2H3,(H,32,35)(H,33,36). The van der Waals surface area contributed by atoms with Crippen LogP contribution in [-0.2, 0) is 4.79 Å². The number of carbonyl (C=O) groups excluding carboxylic acids is 2. The van der Waals surface area contributed by atoms with E-state index in [4.69, 9.17) is 11.6 Å². The highest BCUT2D eigenvalue weighted by atomic mass is 35.5. The molecule has 7 nitrogen and oxygen atoms in total. The van der Waals surface area contributed by atoms with Gasteiger partial charge in [0.2, 0.25) is 0 Å². The average Bonchev–Trinajstić information content (AvgIpc) is 3.29. The van der Waals surface area contributed by atoms with Gasteiger partial charge in [0.05, 0.1) is 11.8 Å².